The molecule has 0 aliphatic rings. The summed E-state index contributed by atoms with van der Waals surface area (Å²) >= 11 is 0. The van der Waals surface area contributed by atoms with Crippen LogP contribution in [0.25, 0.3) is 0 Å². The van der Waals surface area contributed by atoms with Crippen LogP contribution in [0.4, 0.5) is 9.18 Å². The van der Waals surface area contributed by atoms with E-state index in [2.05, 4.69) is 22.1 Å². The third-order valence-corrected chi connectivity index (χ3v) is 2.14. The lowest BCUT2D eigenvalue weighted by molar-refractivity contribution is 0.0529. The number of ether oxygens (including phenoxy) is 1. The van der Waals surface area contributed by atoms with E-state index >= 15 is 0 Å². The zero-order valence-corrected chi connectivity index (χ0v) is 12.2. The molecule has 5 nitrogen and oxygen atoms in total. The Bertz CT molecular complexity index is 583. The van der Waals surface area contributed by atoms with E-state index in [1.165, 1.54) is 12.3 Å². The molecule has 21 heavy (non-hydrogen) atoms. The topological polar surface area (TPSA) is 68.3 Å². The molecule has 1 aromatic heterocycles. The summed E-state index contributed by atoms with van der Waals surface area (Å²) in [5, 5.41) is 2.56. The van der Waals surface area contributed by atoms with Gasteiger partial charge in [-0.3, -0.25) is 4.79 Å². The lowest BCUT2D eigenvalue weighted by Gasteiger charge is -2.19. The molecule has 1 heterocycles. The third kappa shape index (κ3) is 6.52. The Hall–Kier alpha value is -2.42. The third-order valence-electron chi connectivity index (χ3n) is 2.14. The summed E-state index contributed by atoms with van der Waals surface area (Å²) in [6.45, 7) is 5.66. The number of nitrogens with zero attached hydrogens (tertiary/aromatic N) is 1. The summed E-state index contributed by atoms with van der Waals surface area (Å²) in [4.78, 5) is 25.3. The normalized spacial score (nSPS) is 10.3. The molecule has 0 saturated carbocycles. The second-order valence-electron chi connectivity index (χ2n) is 5.20. The zero-order chi connectivity index (χ0) is 15.9. The standard InChI is InChI=1S/C15H17FN2O3/c1-15(2,3)21-14(20)17-7-5-4-6-11-8-12(10-19)13(16)18-9-11/h8-10H,5,7H2,1-3H3,(H,17,20). The Labute approximate surface area is 122 Å². The highest BCUT2D eigenvalue weighted by molar-refractivity contribution is 5.75. The highest BCUT2D eigenvalue weighted by Crippen LogP contribution is 2.06. The van der Waals surface area contributed by atoms with E-state index < -0.39 is 17.6 Å². The Balaban J connectivity index is 2.43. The molecule has 0 aromatic carbocycles. The van der Waals surface area contributed by atoms with Crippen LogP contribution in [0, 0.1) is 17.8 Å². The Morgan fingerprint density at radius 2 is 2.24 bits per heavy atom. The number of nitrogens with one attached hydrogen (secondary N) is 1. The second kappa shape index (κ2) is 7.39. The molecule has 0 atom stereocenters. The summed E-state index contributed by atoms with van der Waals surface area (Å²) < 4.78 is 18.0. The summed E-state index contributed by atoms with van der Waals surface area (Å²) in [6, 6.07) is 1.32. The van der Waals surface area contributed by atoms with Crippen LogP contribution in [-0.2, 0) is 4.74 Å². The molecule has 0 aliphatic carbocycles. The van der Waals surface area contributed by atoms with Crippen molar-refractivity contribution < 1.29 is 18.7 Å². The van der Waals surface area contributed by atoms with Crippen LogP contribution < -0.4 is 5.32 Å². The highest BCUT2D eigenvalue weighted by Gasteiger charge is 2.15. The van der Waals surface area contributed by atoms with Gasteiger partial charge in [-0.2, -0.15) is 4.39 Å². The minimum atomic E-state index is -0.817. The predicted molar refractivity (Wildman–Crippen MR) is 75.3 cm³/mol. The van der Waals surface area contributed by atoms with Gasteiger partial charge in [-0.1, -0.05) is 11.8 Å². The summed E-state index contributed by atoms with van der Waals surface area (Å²) in [5.41, 5.74) is -0.231. The zero-order valence-electron chi connectivity index (χ0n) is 12.2. The largest absolute Gasteiger partial charge is 0.444 e. The molecular weight excluding hydrogens is 275 g/mol. The SMILES string of the molecule is CC(C)(C)OC(=O)NCCC#Cc1cnc(F)c(C=O)c1. The summed E-state index contributed by atoms with van der Waals surface area (Å²) in [5.74, 6) is 4.71. The lowest BCUT2D eigenvalue weighted by atomic mass is 10.2. The van der Waals surface area contributed by atoms with Crippen LogP contribution >= 0.6 is 0 Å². The first-order chi connectivity index (χ1) is 9.81. The molecule has 6 heteroatoms. The van der Waals surface area contributed by atoms with E-state index in [1.807, 2.05) is 0 Å². The van der Waals surface area contributed by atoms with E-state index in [1.54, 1.807) is 20.8 Å². The van der Waals surface area contributed by atoms with Crippen LogP contribution in [0.1, 0.15) is 43.1 Å². The van der Waals surface area contributed by atoms with Crippen molar-refractivity contribution in [1.82, 2.24) is 10.3 Å². The van der Waals surface area contributed by atoms with Crippen LogP contribution in [-0.4, -0.2) is 29.5 Å². The van der Waals surface area contributed by atoms with Crippen molar-refractivity contribution in [3.8, 4) is 11.8 Å². The van der Waals surface area contributed by atoms with Crippen molar-refractivity contribution in [2.45, 2.75) is 32.8 Å². The number of pyridine rings is 1. The first kappa shape index (κ1) is 16.6. The molecule has 0 fully saturated rings. The van der Waals surface area contributed by atoms with Gasteiger partial charge in [0.25, 0.3) is 0 Å². The van der Waals surface area contributed by atoms with Gasteiger partial charge in [0.15, 0.2) is 6.29 Å². The average molecular weight is 292 g/mol. The summed E-state index contributed by atoms with van der Waals surface area (Å²) in [6.07, 6.45) is 1.53. The predicted octanol–water partition coefficient (Wildman–Crippen LogP) is 2.30. The van der Waals surface area contributed by atoms with E-state index in [4.69, 9.17) is 4.74 Å². The number of halogens is 1. The number of aromatic nitrogens is 1. The average Bonchev–Trinajstić information content (AvgIpc) is 2.38. The lowest BCUT2D eigenvalue weighted by Crippen LogP contribution is -2.32. The molecule has 1 N–H and O–H groups in total. The fourth-order valence-corrected chi connectivity index (χ4v) is 1.32. The van der Waals surface area contributed by atoms with Gasteiger partial charge in [-0.15, -0.1) is 0 Å². The quantitative estimate of drug-likeness (QED) is 0.402. The molecule has 0 aliphatic heterocycles. The van der Waals surface area contributed by atoms with Gasteiger partial charge in [-0.25, -0.2) is 9.78 Å². The van der Waals surface area contributed by atoms with Gasteiger partial charge >= 0.3 is 6.09 Å². The van der Waals surface area contributed by atoms with Gasteiger partial charge in [0.05, 0.1) is 5.56 Å². The van der Waals surface area contributed by atoms with E-state index in [0.717, 1.165) is 0 Å². The number of alkyl carbamates (subject to hydrolysis) is 1. The molecule has 0 bridgehead atoms. The van der Waals surface area contributed by atoms with Crippen molar-refractivity contribution in [1.29, 1.82) is 0 Å². The molecule has 1 amide bonds. The smallest absolute Gasteiger partial charge is 0.407 e. The molecule has 1 aromatic rings. The van der Waals surface area contributed by atoms with Crippen LogP contribution in [0.3, 0.4) is 0 Å². The van der Waals surface area contributed by atoms with E-state index in [9.17, 15) is 14.0 Å². The number of amides is 1. The fraction of sp³-hybridized carbons (Fsp3) is 0.400. The number of hydrogen-bond acceptors (Lipinski definition) is 4. The number of hydrogen-bond donors (Lipinski definition) is 1. The van der Waals surface area contributed by atoms with E-state index in [-0.39, 0.29) is 5.56 Å². The van der Waals surface area contributed by atoms with Crippen molar-refractivity contribution in [2.24, 2.45) is 0 Å². The van der Waals surface area contributed by atoms with Gasteiger partial charge in [-0.05, 0) is 26.8 Å². The molecule has 0 unspecified atom stereocenters. The monoisotopic (exact) mass is 292 g/mol. The van der Waals surface area contributed by atoms with Gasteiger partial charge in [0.2, 0.25) is 5.95 Å². The van der Waals surface area contributed by atoms with Gasteiger partial charge in [0, 0.05) is 24.7 Å². The second-order valence-corrected chi connectivity index (χ2v) is 5.20. The van der Waals surface area contributed by atoms with Gasteiger partial charge < -0.3 is 10.1 Å². The van der Waals surface area contributed by atoms with Gasteiger partial charge in [0.1, 0.15) is 5.60 Å². The van der Waals surface area contributed by atoms with Crippen molar-refractivity contribution in [3.05, 3.63) is 29.3 Å². The molecule has 112 valence electrons. The number of rotatable bonds is 3. The van der Waals surface area contributed by atoms with Crippen LogP contribution in [0.15, 0.2) is 12.3 Å². The molecule has 1 rings (SSSR count). The minimum absolute atomic E-state index is 0.131. The Kier molecular flexibility index (Phi) is 5.85. The maximum absolute atomic E-state index is 13.0. The first-order valence-corrected chi connectivity index (χ1v) is 6.38. The molecule has 0 saturated heterocycles. The summed E-state index contributed by atoms with van der Waals surface area (Å²) in [7, 11) is 0. The van der Waals surface area contributed by atoms with Crippen LogP contribution in [0.5, 0.6) is 0 Å². The number of carbonyl (C=O) groups excluding carboxylic acids is 2. The molecule has 0 radical (unpaired) electrons. The Morgan fingerprint density at radius 1 is 1.52 bits per heavy atom. The first-order valence-electron chi connectivity index (χ1n) is 6.38. The van der Waals surface area contributed by atoms with Crippen LogP contribution in [0.2, 0.25) is 0 Å². The fourth-order valence-electron chi connectivity index (χ4n) is 1.32. The molecule has 0 spiro atoms. The van der Waals surface area contributed by atoms with Crippen molar-refractivity contribution >= 4 is 12.4 Å². The maximum Gasteiger partial charge on any atom is 0.407 e. The van der Waals surface area contributed by atoms with Crippen molar-refractivity contribution in [2.75, 3.05) is 6.54 Å². The Morgan fingerprint density at radius 3 is 2.86 bits per heavy atom. The van der Waals surface area contributed by atoms with E-state index in [0.29, 0.717) is 24.8 Å². The highest BCUT2D eigenvalue weighted by atomic mass is 19.1. The van der Waals surface area contributed by atoms with Crippen molar-refractivity contribution in [3.63, 3.8) is 0 Å². The maximum atomic E-state index is 13.0. The minimum Gasteiger partial charge on any atom is -0.444 e. The number of carbonyl (C=O) groups is 2. The number of aldehydes is 1. The molecular formula is C15H17FN2O3.